The number of aromatic hydroxyl groups is 2. The summed E-state index contributed by atoms with van der Waals surface area (Å²) in [5, 5.41) is 19.1. The van der Waals surface area contributed by atoms with Crippen molar-refractivity contribution >= 4 is 35.3 Å². The zero-order valence-electron chi connectivity index (χ0n) is 9.42. The van der Waals surface area contributed by atoms with E-state index >= 15 is 0 Å². The SMILES string of the molecule is O=C(c1ccccc1O)c1ccccc1O.[Na]. The second-order valence-electron chi connectivity index (χ2n) is 3.36. The number of phenols is 2. The van der Waals surface area contributed by atoms with Crippen LogP contribution in [0.1, 0.15) is 15.9 Å². The minimum Gasteiger partial charge on any atom is -0.507 e. The van der Waals surface area contributed by atoms with Crippen molar-refractivity contribution in [3.63, 3.8) is 0 Å². The van der Waals surface area contributed by atoms with Crippen molar-refractivity contribution in [2.45, 2.75) is 0 Å². The molecule has 0 aliphatic heterocycles. The van der Waals surface area contributed by atoms with Gasteiger partial charge in [-0.2, -0.15) is 0 Å². The fourth-order valence-electron chi connectivity index (χ4n) is 1.48. The number of rotatable bonds is 2. The molecule has 2 aromatic rings. The summed E-state index contributed by atoms with van der Waals surface area (Å²) in [6.07, 6.45) is 0. The molecular formula is C13H10NaO3. The summed E-state index contributed by atoms with van der Waals surface area (Å²) in [5.74, 6) is -0.567. The van der Waals surface area contributed by atoms with Crippen molar-refractivity contribution < 1.29 is 15.0 Å². The van der Waals surface area contributed by atoms with Crippen molar-refractivity contribution in [2.75, 3.05) is 0 Å². The average molecular weight is 237 g/mol. The smallest absolute Gasteiger partial charge is 0.200 e. The first kappa shape index (κ1) is 13.8. The van der Waals surface area contributed by atoms with Gasteiger partial charge in [-0.15, -0.1) is 0 Å². The Bertz CT molecular complexity index is 490. The molecule has 0 aromatic heterocycles. The van der Waals surface area contributed by atoms with E-state index in [0.29, 0.717) is 0 Å². The summed E-state index contributed by atoms with van der Waals surface area (Å²) < 4.78 is 0. The Labute approximate surface area is 121 Å². The van der Waals surface area contributed by atoms with Crippen LogP contribution in [0.2, 0.25) is 0 Å². The quantitative estimate of drug-likeness (QED) is 0.620. The van der Waals surface area contributed by atoms with Crippen LogP contribution in [0.5, 0.6) is 11.5 Å². The molecule has 0 aliphatic rings. The van der Waals surface area contributed by atoms with Gasteiger partial charge in [-0.25, -0.2) is 0 Å². The molecule has 0 amide bonds. The predicted octanol–water partition coefficient (Wildman–Crippen LogP) is 1.95. The van der Waals surface area contributed by atoms with Crippen molar-refractivity contribution in [3.8, 4) is 11.5 Å². The van der Waals surface area contributed by atoms with Gasteiger partial charge in [0.25, 0.3) is 0 Å². The molecule has 0 saturated heterocycles. The van der Waals surface area contributed by atoms with E-state index in [-0.39, 0.29) is 52.2 Å². The van der Waals surface area contributed by atoms with Gasteiger partial charge in [0.05, 0.1) is 11.1 Å². The Balaban J connectivity index is 0.00000144. The van der Waals surface area contributed by atoms with E-state index in [0.717, 1.165) is 0 Å². The first-order valence-corrected chi connectivity index (χ1v) is 4.81. The predicted molar refractivity (Wildman–Crippen MR) is 65.4 cm³/mol. The van der Waals surface area contributed by atoms with Crippen LogP contribution in [-0.4, -0.2) is 45.6 Å². The molecule has 2 aromatic carbocycles. The molecule has 2 rings (SSSR count). The molecule has 17 heavy (non-hydrogen) atoms. The molecule has 0 unspecified atom stereocenters. The molecule has 0 bridgehead atoms. The van der Waals surface area contributed by atoms with Crippen LogP contribution in [0.4, 0.5) is 0 Å². The van der Waals surface area contributed by atoms with Crippen molar-refractivity contribution in [3.05, 3.63) is 59.7 Å². The third kappa shape index (κ3) is 2.88. The van der Waals surface area contributed by atoms with Crippen LogP contribution in [-0.2, 0) is 0 Å². The summed E-state index contributed by atoms with van der Waals surface area (Å²) in [7, 11) is 0. The van der Waals surface area contributed by atoms with Gasteiger partial charge in [0.1, 0.15) is 11.5 Å². The van der Waals surface area contributed by atoms with Crippen LogP contribution in [0.25, 0.3) is 0 Å². The van der Waals surface area contributed by atoms with E-state index in [9.17, 15) is 15.0 Å². The van der Waals surface area contributed by atoms with Gasteiger partial charge in [-0.1, -0.05) is 24.3 Å². The van der Waals surface area contributed by atoms with Gasteiger partial charge in [-0.05, 0) is 24.3 Å². The summed E-state index contributed by atoms with van der Waals surface area (Å²) in [6, 6.07) is 12.5. The van der Waals surface area contributed by atoms with Gasteiger partial charge in [0.15, 0.2) is 5.78 Å². The van der Waals surface area contributed by atoms with Crippen molar-refractivity contribution in [1.82, 2.24) is 0 Å². The molecule has 1 radical (unpaired) electrons. The van der Waals surface area contributed by atoms with E-state index in [1.807, 2.05) is 0 Å². The molecule has 0 spiro atoms. The number of hydrogen-bond acceptors (Lipinski definition) is 3. The number of carbonyl (C=O) groups is 1. The normalized spacial score (nSPS) is 9.41. The summed E-state index contributed by atoms with van der Waals surface area (Å²) in [4.78, 5) is 12.0. The molecule has 0 atom stereocenters. The van der Waals surface area contributed by atoms with E-state index in [1.54, 1.807) is 24.3 Å². The molecular weight excluding hydrogens is 227 g/mol. The maximum Gasteiger partial charge on any atom is 0.200 e. The van der Waals surface area contributed by atoms with Crippen LogP contribution in [0, 0.1) is 0 Å². The number of para-hydroxylation sites is 2. The van der Waals surface area contributed by atoms with E-state index in [1.165, 1.54) is 24.3 Å². The third-order valence-electron chi connectivity index (χ3n) is 2.30. The molecule has 4 heteroatoms. The Morgan fingerprint density at radius 2 is 1.12 bits per heavy atom. The Morgan fingerprint density at radius 1 is 0.765 bits per heavy atom. The molecule has 3 nitrogen and oxygen atoms in total. The van der Waals surface area contributed by atoms with Crippen LogP contribution in [0.3, 0.4) is 0 Å². The minimum atomic E-state index is -0.392. The van der Waals surface area contributed by atoms with Crippen LogP contribution in [0.15, 0.2) is 48.5 Å². The number of ketones is 1. The van der Waals surface area contributed by atoms with Crippen LogP contribution >= 0.6 is 0 Å². The Morgan fingerprint density at radius 3 is 1.47 bits per heavy atom. The van der Waals surface area contributed by atoms with E-state index < -0.39 is 5.78 Å². The fraction of sp³-hybridized carbons (Fsp3) is 0. The number of benzene rings is 2. The summed E-state index contributed by atoms with van der Waals surface area (Å²) in [5.41, 5.74) is 0.369. The minimum absolute atomic E-state index is 0. The Kier molecular flexibility index (Phi) is 4.75. The standard InChI is InChI=1S/C13H10O3.Na/c14-11-7-3-1-5-9(11)13(16)10-6-2-4-8-12(10)15;/h1-8,14-15H;. The maximum absolute atomic E-state index is 12.0. The van der Waals surface area contributed by atoms with Crippen molar-refractivity contribution in [2.24, 2.45) is 0 Å². The van der Waals surface area contributed by atoms with Gasteiger partial charge in [-0.3, -0.25) is 4.79 Å². The zero-order valence-corrected chi connectivity index (χ0v) is 11.4. The van der Waals surface area contributed by atoms with Gasteiger partial charge in [0.2, 0.25) is 0 Å². The second-order valence-corrected chi connectivity index (χ2v) is 3.36. The topological polar surface area (TPSA) is 57.5 Å². The molecule has 0 aliphatic carbocycles. The second kappa shape index (κ2) is 5.87. The zero-order chi connectivity index (χ0) is 11.5. The maximum atomic E-state index is 12.0. The summed E-state index contributed by atoms with van der Waals surface area (Å²) >= 11 is 0. The van der Waals surface area contributed by atoms with Gasteiger partial charge < -0.3 is 10.2 Å². The van der Waals surface area contributed by atoms with E-state index in [4.69, 9.17) is 0 Å². The van der Waals surface area contributed by atoms with Crippen LogP contribution < -0.4 is 0 Å². The Hall–Kier alpha value is -1.29. The first-order valence-electron chi connectivity index (χ1n) is 4.81. The summed E-state index contributed by atoms with van der Waals surface area (Å²) in [6.45, 7) is 0. The van der Waals surface area contributed by atoms with Gasteiger partial charge >= 0.3 is 0 Å². The molecule has 0 saturated carbocycles. The largest absolute Gasteiger partial charge is 0.507 e. The number of phenolic OH excluding ortho intramolecular Hbond substituents is 2. The molecule has 81 valence electrons. The number of hydrogen-bond donors (Lipinski definition) is 2. The van der Waals surface area contributed by atoms with E-state index in [2.05, 4.69) is 0 Å². The molecule has 0 fully saturated rings. The molecule has 0 heterocycles. The first-order chi connectivity index (χ1) is 7.70. The number of carbonyl (C=O) groups excluding carboxylic acids is 1. The monoisotopic (exact) mass is 237 g/mol. The average Bonchev–Trinajstić information content (AvgIpc) is 2.29. The van der Waals surface area contributed by atoms with Gasteiger partial charge in [0, 0.05) is 29.6 Å². The fourth-order valence-corrected chi connectivity index (χ4v) is 1.48. The molecule has 2 N–H and O–H groups in total. The third-order valence-corrected chi connectivity index (χ3v) is 2.30. The van der Waals surface area contributed by atoms with Crippen molar-refractivity contribution in [1.29, 1.82) is 0 Å².